The molecule has 1 heterocycles. The number of dihydropyridines is 1. The van der Waals surface area contributed by atoms with Gasteiger partial charge in [0.2, 0.25) is 0 Å². The van der Waals surface area contributed by atoms with E-state index in [-0.39, 0.29) is 24.8 Å². The summed E-state index contributed by atoms with van der Waals surface area (Å²) in [5.41, 5.74) is 3.87. The second-order valence-corrected chi connectivity index (χ2v) is 9.00. The molecule has 7 heteroatoms. The molecule has 1 aliphatic heterocycles. The van der Waals surface area contributed by atoms with Crippen LogP contribution < -0.4 is 10.1 Å². The van der Waals surface area contributed by atoms with E-state index in [4.69, 9.17) is 9.47 Å². The fourth-order valence-corrected chi connectivity index (χ4v) is 4.82. The Morgan fingerprint density at radius 1 is 1.21 bits per heavy atom. The average Bonchev–Trinajstić information content (AvgIpc) is 2.77. The van der Waals surface area contributed by atoms with Gasteiger partial charge in [-0.2, -0.15) is 0 Å². The second-order valence-electron chi connectivity index (χ2n) is 8.09. The largest absolute Gasteiger partial charge is 0.489 e. The SMILES string of the molecule is CCOC(=O)C1=C(C)NC2=C(C(=O)CCC2)[C@H]1c1cc(Br)ccc1OCc1cccc(F)c1. The Balaban J connectivity index is 1.81. The van der Waals surface area contributed by atoms with Gasteiger partial charge in [-0.05, 0) is 62.6 Å². The first-order valence-corrected chi connectivity index (χ1v) is 11.8. The normalized spacial score (nSPS) is 18.1. The third-order valence-corrected chi connectivity index (χ3v) is 6.33. The number of halogens is 2. The van der Waals surface area contributed by atoms with Gasteiger partial charge in [-0.25, -0.2) is 9.18 Å². The lowest BCUT2D eigenvalue weighted by Crippen LogP contribution is -2.34. The highest BCUT2D eigenvalue weighted by Gasteiger charge is 2.40. The molecule has 0 spiro atoms. The number of rotatable bonds is 6. The second kappa shape index (κ2) is 9.91. The molecule has 0 radical (unpaired) electrons. The van der Waals surface area contributed by atoms with Gasteiger partial charge in [-0.1, -0.05) is 28.1 Å². The zero-order valence-electron chi connectivity index (χ0n) is 18.5. The third kappa shape index (κ3) is 4.88. The fourth-order valence-electron chi connectivity index (χ4n) is 4.44. The highest BCUT2D eigenvalue weighted by Crippen LogP contribution is 2.46. The molecule has 2 aliphatic rings. The molecule has 0 aromatic heterocycles. The molecule has 1 aliphatic carbocycles. The number of benzene rings is 2. The highest BCUT2D eigenvalue weighted by molar-refractivity contribution is 9.10. The number of carbonyl (C=O) groups excluding carboxylic acids is 2. The molecule has 33 heavy (non-hydrogen) atoms. The summed E-state index contributed by atoms with van der Waals surface area (Å²) in [6, 6.07) is 11.7. The van der Waals surface area contributed by atoms with Crippen LogP contribution >= 0.6 is 15.9 Å². The van der Waals surface area contributed by atoms with Crippen molar-refractivity contribution in [3.05, 3.63) is 86.4 Å². The number of nitrogens with one attached hydrogen (secondary N) is 1. The predicted octanol–water partition coefficient (Wildman–Crippen LogP) is 5.70. The molecule has 0 fully saturated rings. The van der Waals surface area contributed by atoms with Gasteiger partial charge >= 0.3 is 5.97 Å². The van der Waals surface area contributed by atoms with Gasteiger partial charge in [0, 0.05) is 33.4 Å². The van der Waals surface area contributed by atoms with Crippen LogP contribution in [0.4, 0.5) is 4.39 Å². The number of ketones is 1. The Morgan fingerprint density at radius 3 is 2.79 bits per heavy atom. The maximum atomic E-state index is 13.6. The molecule has 1 atom stereocenters. The van der Waals surface area contributed by atoms with Crippen molar-refractivity contribution in [3.63, 3.8) is 0 Å². The summed E-state index contributed by atoms with van der Waals surface area (Å²) in [5.74, 6) is -0.883. The van der Waals surface area contributed by atoms with E-state index in [1.165, 1.54) is 12.1 Å². The maximum Gasteiger partial charge on any atom is 0.336 e. The van der Waals surface area contributed by atoms with Gasteiger partial charge in [0.15, 0.2) is 5.78 Å². The molecule has 0 unspecified atom stereocenters. The minimum atomic E-state index is -0.617. The third-order valence-electron chi connectivity index (χ3n) is 5.84. The number of Topliss-reactive ketones (excluding diaryl/α,β-unsaturated/α-hetero) is 1. The van der Waals surface area contributed by atoms with Gasteiger partial charge in [-0.3, -0.25) is 4.79 Å². The fraction of sp³-hybridized carbons (Fsp3) is 0.308. The minimum absolute atomic E-state index is 0.0131. The van der Waals surface area contributed by atoms with Crippen LogP contribution in [0.25, 0.3) is 0 Å². The lowest BCUT2D eigenvalue weighted by Gasteiger charge is -2.34. The maximum absolute atomic E-state index is 13.6. The van der Waals surface area contributed by atoms with Crippen LogP contribution in [0.15, 0.2) is 69.5 Å². The predicted molar refractivity (Wildman–Crippen MR) is 126 cm³/mol. The van der Waals surface area contributed by atoms with Crippen molar-refractivity contribution in [1.82, 2.24) is 5.32 Å². The van der Waals surface area contributed by atoms with E-state index >= 15 is 0 Å². The van der Waals surface area contributed by atoms with E-state index in [0.717, 1.165) is 23.0 Å². The summed E-state index contributed by atoms with van der Waals surface area (Å²) in [6.07, 6.45) is 1.93. The van der Waals surface area contributed by atoms with E-state index in [1.54, 1.807) is 25.1 Å². The number of hydrogen-bond acceptors (Lipinski definition) is 5. The summed E-state index contributed by atoms with van der Waals surface area (Å²) in [7, 11) is 0. The van der Waals surface area contributed by atoms with Gasteiger partial charge < -0.3 is 14.8 Å². The summed E-state index contributed by atoms with van der Waals surface area (Å²) < 4.78 is 25.9. The average molecular weight is 514 g/mol. The van der Waals surface area contributed by atoms with Crippen LogP contribution in [-0.2, 0) is 20.9 Å². The quantitative estimate of drug-likeness (QED) is 0.502. The number of allylic oxidation sites excluding steroid dienone is 3. The van der Waals surface area contributed by atoms with Gasteiger partial charge in [0.1, 0.15) is 18.2 Å². The number of esters is 1. The topological polar surface area (TPSA) is 64.6 Å². The zero-order valence-corrected chi connectivity index (χ0v) is 20.1. The highest BCUT2D eigenvalue weighted by atomic mass is 79.9. The Hall–Kier alpha value is -2.93. The molecule has 0 bridgehead atoms. The molecule has 5 nitrogen and oxygen atoms in total. The zero-order chi connectivity index (χ0) is 23.5. The number of carbonyl (C=O) groups is 2. The molecule has 2 aromatic carbocycles. The molecular weight excluding hydrogens is 489 g/mol. The molecular formula is C26H25BrFNO4. The van der Waals surface area contributed by atoms with Crippen molar-refractivity contribution in [2.75, 3.05) is 6.61 Å². The molecule has 2 aromatic rings. The summed E-state index contributed by atoms with van der Waals surface area (Å²) >= 11 is 3.52. The van der Waals surface area contributed by atoms with Crippen molar-refractivity contribution in [3.8, 4) is 5.75 Å². The Kier molecular flexibility index (Phi) is 6.98. The molecule has 4 rings (SSSR count). The van der Waals surface area contributed by atoms with Crippen LogP contribution in [0, 0.1) is 5.82 Å². The van der Waals surface area contributed by atoms with E-state index in [9.17, 15) is 14.0 Å². The molecule has 0 saturated carbocycles. The van der Waals surface area contributed by atoms with E-state index in [2.05, 4.69) is 21.2 Å². The Labute approximate surface area is 200 Å². The minimum Gasteiger partial charge on any atom is -0.489 e. The van der Waals surface area contributed by atoms with E-state index in [0.29, 0.717) is 40.1 Å². The van der Waals surface area contributed by atoms with Crippen molar-refractivity contribution >= 4 is 27.7 Å². The van der Waals surface area contributed by atoms with Gasteiger partial charge in [0.25, 0.3) is 0 Å². The summed E-state index contributed by atoms with van der Waals surface area (Å²) in [5, 5.41) is 3.28. The van der Waals surface area contributed by atoms with Crippen LogP contribution in [0.5, 0.6) is 5.75 Å². The van der Waals surface area contributed by atoms with Crippen LogP contribution in [0.3, 0.4) is 0 Å². The molecule has 0 amide bonds. The van der Waals surface area contributed by atoms with Crippen molar-refractivity contribution < 1.29 is 23.5 Å². The number of hydrogen-bond donors (Lipinski definition) is 1. The summed E-state index contributed by atoms with van der Waals surface area (Å²) in [6.45, 7) is 3.95. The Bertz CT molecular complexity index is 1170. The van der Waals surface area contributed by atoms with E-state index < -0.39 is 11.9 Å². The lowest BCUT2D eigenvalue weighted by molar-refractivity contribution is -0.138. The van der Waals surface area contributed by atoms with Crippen LogP contribution in [-0.4, -0.2) is 18.4 Å². The standard InChI is InChI=1S/C26H25BrFNO4/c1-3-32-26(31)23-15(2)29-20-8-5-9-21(30)25(20)24(23)19-13-17(27)10-11-22(19)33-14-16-6-4-7-18(28)12-16/h4,6-7,10-13,24,29H,3,5,8-9,14H2,1-2H3/t24-/m0/s1. The molecule has 1 N–H and O–H groups in total. The van der Waals surface area contributed by atoms with Crippen LogP contribution in [0.2, 0.25) is 0 Å². The van der Waals surface area contributed by atoms with Crippen LogP contribution in [0.1, 0.15) is 50.2 Å². The van der Waals surface area contributed by atoms with Gasteiger partial charge in [-0.15, -0.1) is 0 Å². The van der Waals surface area contributed by atoms with Crippen molar-refractivity contribution in [2.45, 2.75) is 45.6 Å². The van der Waals surface area contributed by atoms with E-state index in [1.807, 2.05) is 19.1 Å². The Morgan fingerprint density at radius 2 is 2.03 bits per heavy atom. The smallest absolute Gasteiger partial charge is 0.336 e. The molecule has 0 saturated heterocycles. The monoisotopic (exact) mass is 513 g/mol. The summed E-state index contributed by atoms with van der Waals surface area (Å²) in [4.78, 5) is 26.1. The van der Waals surface area contributed by atoms with Gasteiger partial charge in [0.05, 0.1) is 18.1 Å². The molecule has 172 valence electrons. The number of ether oxygens (including phenoxy) is 2. The first-order valence-electron chi connectivity index (χ1n) is 11.0. The first-order chi connectivity index (χ1) is 15.9. The van der Waals surface area contributed by atoms with Crippen molar-refractivity contribution in [2.24, 2.45) is 0 Å². The van der Waals surface area contributed by atoms with Crippen molar-refractivity contribution in [1.29, 1.82) is 0 Å². The first kappa shape index (κ1) is 23.2. The lowest BCUT2D eigenvalue weighted by atomic mass is 9.75.